The van der Waals surface area contributed by atoms with Gasteiger partial charge in [-0.15, -0.1) is 0 Å². The summed E-state index contributed by atoms with van der Waals surface area (Å²) in [5, 5.41) is 0. The molecule has 158 valence electrons. The second-order valence-electron chi connectivity index (χ2n) is 10.3. The van der Waals surface area contributed by atoms with E-state index in [0.29, 0.717) is 11.9 Å². The maximum atomic E-state index is 10.6. The van der Waals surface area contributed by atoms with Gasteiger partial charge in [-0.2, -0.15) is 0 Å². The molecule has 0 atom stereocenters. The lowest BCUT2D eigenvalue weighted by molar-refractivity contribution is -0.135. The second kappa shape index (κ2) is 10.5. The molecule has 2 rings (SSSR count). The average Bonchev–Trinajstić information content (AvgIpc) is 3.37. The summed E-state index contributed by atoms with van der Waals surface area (Å²) in [5.74, 6) is 0. The molecule has 1 aromatic carbocycles. The van der Waals surface area contributed by atoms with E-state index in [1.54, 1.807) is 5.56 Å². The molecule has 0 unspecified atom stereocenters. The van der Waals surface area contributed by atoms with Gasteiger partial charge in [0, 0.05) is 0 Å². The normalized spacial score (nSPS) is 15.5. The average molecular weight is 387 g/mol. The first-order valence-electron chi connectivity index (χ1n) is 11.5. The Kier molecular flexibility index (Phi) is 8.58. The van der Waals surface area contributed by atoms with Crippen molar-refractivity contribution in [3.8, 4) is 0 Å². The van der Waals surface area contributed by atoms with Gasteiger partial charge in [0.05, 0.1) is 0 Å². The van der Waals surface area contributed by atoms with Gasteiger partial charge >= 0.3 is 0 Å². The third kappa shape index (κ3) is 7.97. The Hall–Kier alpha value is -1.31. The molecule has 0 heterocycles. The molecule has 28 heavy (non-hydrogen) atoms. The van der Waals surface area contributed by atoms with Crippen LogP contribution in [0.4, 0.5) is 0 Å². The summed E-state index contributed by atoms with van der Waals surface area (Å²) >= 11 is 0. The summed E-state index contributed by atoms with van der Waals surface area (Å²) in [6, 6.07) is 4.85. The number of unbranched alkanes of at least 4 members (excludes halogenated alkanes) is 4. The maximum Gasteiger partial charge on any atom is 0.293 e. The summed E-state index contributed by atoms with van der Waals surface area (Å²) in [7, 11) is 0. The molecule has 0 aliphatic heterocycles. The first-order valence-corrected chi connectivity index (χ1v) is 11.5. The summed E-state index contributed by atoms with van der Waals surface area (Å²) in [6.07, 6.45) is 14.5. The second-order valence-corrected chi connectivity index (χ2v) is 10.3. The van der Waals surface area contributed by atoms with E-state index in [4.69, 9.17) is 4.74 Å². The fourth-order valence-electron chi connectivity index (χ4n) is 4.19. The van der Waals surface area contributed by atoms with Crippen LogP contribution in [0.3, 0.4) is 0 Å². The van der Waals surface area contributed by atoms with Gasteiger partial charge in [-0.05, 0) is 99.3 Å². The SMILES string of the molecule is Cc1cc(CCCCCC2(OC=O)CC2)cc(CCCCCC(C)(C)C)c1C. The van der Waals surface area contributed by atoms with E-state index in [2.05, 4.69) is 46.8 Å². The van der Waals surface area contributed by atoms with Crippen LogP contribution < -0.4 is 0 Å². The quantitative estimate of drug-likeness (QED) is 0.263. The monoisotopic (exact) mass is 386 g/mol. The molecule has 0 spiro atoms. The van der Waals surface area contributed by atoms with E-state index in [1.165, 1.54) is 74.5 Å². The lowest BCUT2D eigenvalue weighted by Crippen LogP contribution is -2.12. The zero-order valence-electron chi connectivity index (χ0n) is 19.0. The summed E-state index contributed by atoms with van der Waals surface area (Å²) in [6.45, 7) is 12.2. The van der Waals surface area contributed by atoms with Gasteiger partial charge in [0.15, 0.2) is 0 Å². The van der Waals surface area contributed by atoms with E-state index in [9.17, 15) is 4.79 Å². The number of hydrogen-bond acceptors (Lipinski definition) is 2. The van der Waals surface area contributed by atoms with Gasteiger partial charge in [-0.3, -0.25) is 4.79 Å². The van der Waals surface area contributed by atoms with Crippen molar-refractivity contribution >= 4 is 6.47 Å². The summed E-state index contributed by atoms with van der Waals surface area (Å²) in [4.78, 5) is 10.6. The molecule has 0 radical (unpaired) electrons. The van der Waals surface area contributed by atoms with Crippen LogP contribution in [0, 0.1) is 19.3 Å². The number of aryl methyl sites for hydroxylation is 3. The Morgan fingerprint density at radius 2 is 1.64 bits per heavy atom. The summed E-state index contributed by atoms with van der Waals surface area (Å²) in [5.41, 5.74) is 6.37. The van der Waals surface area contributed by atoms with Gasteiger partial charge in [0.1, 0.15) is 5.60 Å². The highest BCUT2D eigenvalue weighted by Crippen LogP contribution is 2.43. The largest absolute Gasteiger partial charge is 0.461 e. The Morgan fingerprint density at radius 1 is 0.964 bits per heavy atom. The van der Waals surface area contributed by atoms with Crippen molar-refractivity contribution in [3.63, 3.8) is 0 Å². The number of ether oxygens (including phenoxy) is 1. The Bertz CT molecular complexity index is 620. The molecule has 1 aliphatic rings. The van der Waals surface area contributed by atoms with Crippen LogP contribution in [0.25, 0.3) is 0 Å². The minimum Gasteiger partial charge on any atom is -0.461 e. The fraction of sp³-hybridized carbons (Fsp3) is 0.731. The smallest absolute Gasteiger partial charge is 0.293 e. The number of benzene rings is 1. The molecule has 1 aromatic rings. The molecular weight excluding hydrogens is 344 g/mol. The lowest BCUT2D eigenvalue weighted by atomic mass is 9.88. The minimum absolute atomic E-state index is 0.0810. The van der Waals surface area contributed by atoms with Crippen molar-refractivity contribution in [2.45, 2.75) is 117 Å². The number of carbonyl (C=O) groups is 1. The highest BCUT2D eigenvalue weighted by Gasteiger charge is 2.44. The Labute approximate surface area is 173 Å². The van der Waals surface area contributed by atoms with Gasteiger partial charge < -0.3 is 4.74 Å². The van der Waals surface area contributed by atoms with E-state index in [0.717, 1.165) is 19.3 Å². The van der Waals surface area contributed by atoms with Crippen LogP contribution in [0.2, 0.25) is 0 Å². The molecule has 2 heteroatoms. The molecule has 0 N–H and O–H groups in total. The number of carbonyl (C=O) groups excluding carboxylic acids is 1. The summed E-state index contributed by atoms with van der Waals surface area (Å²) < 4.78 is 5.24. The Morgan fingerprint density at radius 3 is 2.29 bits per heavy atom. The molecule has 1 fully saturated rings. The van der Waals surface area contributed by atoms with E-state index in [1.807, 2.05) is 0 Å². The van der Waals surface area contributed by atoms with Crippen molar-refractivity contribution in [1.82, 2.24) is 0 Å². The van der Waals surface area contributed by atoms with Gasteiger partial charge in [-0.1, -0.05) is 52.2 Å². The number of rotatable bonds is 13. The van der Waals surface area contributed by atoms with Gasteiger partial charge in [0.25, 0.3) is 6.47 Å². The van der Waals surface area contributed by atoms with Crippen LogP contribution in [0.15, 0.2) is 12.1 Å². The third-order valence-corrected chi connectivity index (χ3v) is 6.41. The maximum absolute atomic E-state index is 10.6. The van der Waals surface area contributed by atoms with Crippen LogP contribution in [0.1, 0.15) is 107 Å². The highest BCUT2D eigenvalue weighted by atomic mass is 16.5. The van der Waals surface area contributed by atoms with Crippen molar-refractivity contribution in [2.75, 3.05) is 0 Å². The predicted octanol–water partition coefficient (Wildman–Crippen LogP) is 7.26. The molecule has 1 aliphatic carbocycles. The molecule has 0 amide bonds. The molecule has 0 saturated heterocycles. The minimum atomic E-state index is -0.0810. The molecular formula is C26H42O2. The molecule has 1 saturated carbocycles. The topological polar surface area (TPSA) is 26.3 Å². The standard InChI is InChI=1S/C26H42O2/c1-21-18-23(12-8-6-11-15-26(16-17-26)28-20-27)19-24(22(21)2)13-9-7-10-14-25(3,4)5/h18-20H,6-17H2,1-5H3. The molecule has 2 nitrogen and oxygen atoms in total. The van der Waals surface area contributed by atoms with E-state index in [-0.39, 0.29) is 5.60 Å². The van der Waals surface area contributed by atoms with Gasteiger partial charge in [0.2, 0.25) is 0 Å². The Balaban J connectivity index is 1.73. The van der Waals surface area contributed by atoms with Crippen LogP contribution in [-0.2, 0) is 22.4 Å². The van der Waals surface area contributed by atoms with E-state index < -0.39 is 0 Å². The third-order valence-electron chi connectivity index (χ3n) is 6.41. The van der Waals surface area contributed by atoms with Crippen LogP contribution >= 0.6 is 0 Å². The van der Waals surface area contributed by atoms with Crippen LogP contribution in [0.5, 0.6) is 0 Å². The zero-order chi connectivity index (χ0) is 20.6. The van der Waals surface area contributed by atoms with Crippen molar-refractivity contribution in [2.24, 2.45) is 5.41 Å². The number of hydrogen-bond donors (Lipinski definition) is 0. The fourth-order valence-corrected chi connectivity index (χ4v) is 4.19. The lowest BCUT2D eigenvalue weighted by Gasteiger charge is -2.17. The zero-order valence-corrected chi connectivity index (χ0v) is 19.0. The van der Waals surface area contributed by atoms with Crippen molar-refractivity contribution < 1.29 is 9.53 Å². The first kappa shape index (κ1) is 23.0. The first-order chi connectivity index (χ1) is 13.2. The van der Waals surface area contributed by atoms with Crippen LogP contribution in [-0.4, -0.2) is 12.1 Å². The van der Waals surface area contributed by atoms with Gasteiger partial charge in [-0.25, -0.2) is 0 Å². The molecule has 0 bridgehead atoms. The molecule has 0 aromatic heterocycles. The van der Waals surface area contributed by atoms with E-state index >= 15 is 0 Å². The predicted molar refractivity (Wildman–Crippen MR) is 119 cm³/mol. The van der Waals surface area contributed by atoms with Crippen molar-refractivity contribution in [1.29, 1.82) is 0 Å². The van der Waals surface area contributed by atoms with Crippen molar-refractivity contribution in [3.05, 3.63) is 34.4 Å². The highest BCUT2D eigenvalue weighted by molar-refractivity contribution is 5.39.